The van der Waals surface area contributed by atoms with Crippen molar-refractivity contribution in [3.05, 3.63) is 88.0 Å². The lowest BCUT2D eigenvalue weighted by molar-refractivity contribution is -0.131. The van der Waals surface area contributed by atoms with E-state index in [1.54, 1.807) is 11.3 Å². The van der Waals surface area contributed by atoms with Crippen LogP contribution in [0.4, 0.5) is 0 Å². The summed E-state index contributed by atoms with van der Waals surface area (Å²) < 4.78 is 0. The third-order valence-electron chi connectivity index (χ3n) is 7.82. The Morgan fingerprint density at radius 2 is 1.79 bits per heavy atom. The zero-order valence-corrected chi connectivity index (χ0v) is 22.3. The van der Waals surface area contributed by atoms with E-state index < -0.39 is 0 Å². The van der Waals surface area contributed by atoms with Gasteiger partial charge in [-0.15, -0.1) is 11.3 Å². The Hall–Kier alpha value is -3.49. The number of thiazole rings is 1. The Morgan fingerprint density at radius 1 is 1.00 bits per heavy atom. The van der Waals surface area contributed by atoms with E-state index in [0.717, 1.165) is 73.5 Å². The van der Waals surface area contributed by atoms with Crippen LogP contribution in [0.3, 0.4) is 0 Å². The molecule has 1 atom stereocenters. The van der Waals surface area contributed by atoms with Gasteiger partial charge in [-0.25, -0.2) is 4.98 Å². The molecule has 2 aromatic carbocycles. The van der Waals surface area contributed by atoms with Crippen LogP contribution in [-0.4, -0.2) is 63.8 Å². The number of hydrogen-bond acceptors (Lipinski definition) is 5. The summed E-state index contributed by atoms with van der Waals surface area (Å²) in [6.07, 6.45) is 5.08. The number of aromatic amines is 1. The van der Waals surface area contributed by atoms with Gasteiger partial charge in [0.25, 0.3) is 5.91 Å². The molecule has 0 bridgehead atoms. The number of hydrogen-bond donors (Lipinski definition) is 2. The molecule has 2 saturated heterocycles. The molecule has 4 heterocycles. The van der Waals surface area contributed by atoms with Gasteiger partial charge in [-0.2, -0.15) is 0 Å². The molecule has 2 aliphatic rings. The van der Waals surface area contributed by atoms with Crippen LogP contribution >= 0.6 is 11.3 Å². The molecule has 0 aliphatic carbocycles. The van der Waals surface area contributed by atoms with Crippen LogP contribution in [0.2, 0.25) is 0 Å². The number of carbonyl (C=O) groups excluding carboxylic acids is 2. The molecule has 2 amide bonds. The average molecular weight is 528 g/mol. The number of nitrogens with one attached hydrogen (secondary N) is 2. The quantitative estimate of drug-likeness (QED) is 0.369. The number of aromatic nitrogens is 2. The molecule has 196 valence electrons. The van der Waals surface area contributed by atoms with Crippen molar-refractivity contribution >= 4 is 34.1 Å². The number of likely N-dealkylation sites (tertiary alicyclic amines) is 2. The smallest absolute Gasteiger partial charge is 0.271 e. The fourth-order valence-corrected chi connectivity index (χ4v) is 6.67. The second kappa shape index (κ2) is 11.1. The molecular weight excluding hydrogens is 494 g/mol. The Bertz CT molecular complexity index is 1410. The highest BCUT2D eigenvalue weighted by Gasteiger charge is 2.28. The molecule has 1 unspecified atom stereocenters. The van der Waals surface area contributed by atoms with Crippen molar-refractivity contribution in [3.8, 4) is 0 Å². The highest BCUT2D eigenvalue weighted by Crippen LogP contribution is 2.31. The monoisotopic (exact) mass is 527 g/mol. The minimum atomic E-state index is -0.0783. The van der Waals surface area contributed by atoms with Crippen LogP contribution < -0.4 is 5.32 Å². The lowest BCUT2D eigenvalue weighted by Crippen LogP contribution is -2.39. The van der Waals surface area contributed by atoms with Gasteiger partial charge in [0.1, 0.15) is 5.69 Å². The van der Waals surface area contributed by atoms with E-state index in [4.69, 9.17) is 4.98 Å². The van der Waals surface area contributed by atoms with E-state index in [2.05, 4.69) is 45.5 Å². The van der Waals surface area contributed by atoms with E-state index >= 15 is 0 Å². The van der Waals surface area contributed by atoms with Gasteiger partial charge < -0.3 is 15.2 Å². The van der Waals surface area contributed by atoms with Gasteiger partial charge in [-0.05, 0) is 36.5 Å². The Labute approximate surface area is 226 Å². The zero-order valence-electron chi connectivity index (χ0n) is 21.4. The number of carbonyl (C=O) groups is 2. The maximum absolute atomic E-state index is 13.0. The van der Waals surface area contributed by atoms with Crippen molar-refractivity contribution in [3.63, 3.8) is 0 Å². The van der Waals surface area contributed by atoms with Crippen LogP contribution in [0.5, 0.6) is 0 Å². The number of amides is 2. The van der Waals surface area contributed by atoms with Crippen molar-refractivity contribution in [2.45, 2.75) is 44.2 Å². The summed E-state index contributed by atoms with van der Waals surface area (Å²) in [4.78, 5) is 38.2. The first-order chi connectivity index (χ1) is 18.6. The third kappa shape index (κ3) is 5.51. The Morgan fingerprint density at radius 3 is 2.63 bits per heavy atom. The Balaban J connectivity index is 0.980. The lowest BCUT2D eigenvalue weighted by Gasteiger charge is -2.31. The van der Waals surface area contributed by atoms with Gasteiger partial charge in [0.15, 0.2) is 0 Å². The number of rotatable bonds is 7. The standard InChI is InChI=1S/C30H33N5O2S/c36-28(16-23-17-31-26-9-5-4-8-25(23)26)35-14-10-22(11-15-35)30-33-27(20-38-30)29(37)32-24-12-13-34(19-24)18-21-6-2-1-3-7-21/h1-9,17,20,22,24,31H,10-16,18-19H2,(H,32,37). The van der Waals surface area contributed by atoms with Gasteiger partial charge in [-0.3, -0.25) is 14.5 Å². The van der Waals surface area contributed by atoms with Gasteiger partial charge in [0.05, 0.1) is 11.4 Å². The normalized spacial score (nSPS) is 18.7. The molecule has 8 heteroatoms. The molecular formula is C30H33N5O2S. The van der Waals surface area contributed by atoms with Crippen molar-refractivity contribution in [2.24, 2.45) is 0 Å². The largest absolute Gasteiger partial charge is 0.361 e. The van der Waals surface area contributed by atoms with E-state index in [9.17, 15) is 9.59 Å². The Kier molecular flexibility index (Phi) is 7.25. The van der Waals surface area contributed by atoms with Crippen LogP contribution in [0, 0.1) is 0 Å². The number of fused-ring (bicyclic) bond motifs is 1. The predicted molar refractivity (Wildman–Crippen MR) is 150 cm³/mol. The second-order valence-electron chi connectivity index (χ2n) is 10.4. The highest BCUT2D eigenvalue weighted by atomic mass is 32.1. The maximum Gasteiger partial charge on any atom is 0.271 e. The molecule has 38 heavy (non-hydrogen) atoms. The fraction of sp³-hybridized carbons (Fsp3) is 0.367. The van der Waals surface area contributed by atoms with Crippen molar-refractivity contribution in [2.75, 3.05) is 26.2 Å². The summed E-state index contributed by atoms with van der Waals surface area (Å²) in [5.41, 5.74) is 3.93. The van der Waals surface area contributed by atoms with Gasteiger partial charge in [-0.1, -0.05) is 48.5 Å². The first-order valence-electron chi connectivity index (χ1n) is 13.5. The van der Waals surface area contributed by atoms with Crippen molar-refractivity contribution < 1.29 is 9.59 Å². The minimum Gasteiger partial charge on any atom is -0.361 e. The molecule has 4 aromatic rings. The minimum absolute atomic E-state index is 0.0783. The molecule has 2 N–H and O–H groups in total. The molecule has 7 nitrogen and oxygen atoms in total. The summed E-state index contributed by atoms with van der Waals surface area (Å²) >= 11 is 1.57. The molecule has 0 saturated carbocycles. The lowest BCUT2D eigenvalue weighted by atomic mass is 9.97. The predicted octanol–water partition coefficient (Wildman–Crippen LogP) is 4.58. The maximum atomic E-state index is 13.0. The van der Waals surface area contributed by atoms with Crippen molar-refractivity contribution in [1.29, 1.82) is 0 Å². The SMILES string of the molecule is O=C(NC1CCN(Cc2ccccc2)C1)c1csc(C2CCN(C(=O)Cc3c[nH]c4ccccc34)CC2)n1. The van der Waals surface area contributed by atoms with E-state index in [1.807, 2.05) is 40.7 Å². The van der Waals surface area contributed by atoms with E-state index in [1.165, 1.54) is 5.56 Å². The summed E-state index contributed by atoms with van der Waals surface area (Å²) in [5.74, 6) is 0.391. The van der Waals surface area contributed by atoms with E-state index in [0.29, 0.717) is 18.0 Å². The van der Waals surface area contributed by atoms with Crippen LogP contribution in [-0.2, 0) is 17.8 Å². The number of H-pyrrole nitrogens is 1. The summed E-state index contributed by atoms with van der Waals surface area (Å²) in [5, 5.41) is 7.20. The highest BCUT2D eigenvalue weighted by molar-refractivity contribution is 7.09. The molecule has 6 rings (SSSR count). The van der Waals surface area contributed by atoms with Gasteiger partial charge in [0.2, 0.25) is 5.91 Å². The molecule has 2 aromatic heterocycles. The van der Waals surface area contributed by atoms with Crippen LogP contribution in [0.15, 0.2) is 66.2 Å². The topological polar surface area (TPSA) is 81.3 Å². The second-order valence-corrected chi connectivity index (χ2v) is 11.3. The van der Waals surface area contributed by atoms with Crippen LogP contribution in [0.25, 0.3) is 10.9 Å². The number of benzene rings is 2. The number of para-hydroxylation sites is 1. The fourth-order valence-electron chi connectivity index (χ4n) is 5.70. The average Bonchev–Trinajstić information content (AvgIpc) is 3.70. The number of nitrogens with zero attached hydrogens (tertiary/aromatic N) is 3. The summed E-state index contributed by atoms with van der Waals surface area (Å²) in [6, 6.07) is 18.7. The summed E-state index contributed by atoms with van der Waals surface area (Å²) in [6.45, 7) is 4.22. The molecule has 0 spiro atoms. The van der Waals surface area contributed by atoms with Crippen LogP contribution in [0.1, 0.15) is 51.8 Å². The van der Waals surface area contributed by atoms with Gasteiger partial charge >= 0.3 is 0 Å². The van der Waals surface area contributed by atoms with Crippen molar-refractivity contribution in [1.82, 2.24) is 25.1 Å². The first kappa shape index (κ1) is 24.8. The number of piperidine rings is 1. The summed E-state index contributed by atoms with van der Waals surface area (Å²) in [7, 11) is 0. The molecule has 2 aliphatic heterocycles. The third-order valence-corrected chi connectivity index (χ3v) is 8.83. The van der Waals surface area contributed by atoms with Gasteiger partial charge in [0, 0.05) is 67.2 Å². The molecule has 2 fully saturated rings. The zero-order chi connectivity index (χ0) is 25.9. The first-order valence-corrected chi connectivity index (χ1v) is 14.4. The van der Waals surface area contributed by atoms with E-state index in [-0.39, 0.29) is 17.9 Å². The molecule has 0 radical (unpaired) electrons.